The Morgan fingerprint density at radius 1 is 1.22 bits per heavy atom. The summed E-state index contributed by atoms with van der Waals surface area (Å²) in [6.45, 7) is 0. The number of hydrogen-bond acceptors (Lipinski definition) is 4. The zero-order valence-electron chi connectivity index (χ0n) is 13.3. The van der Waals surface area contributed by atoms with Gasteiger partial charge in [0.05, 0.1) is 22.5 Å². The summed E-state index contributed by atoms with van der Waals surface area (Å²) in [6, 6.07) is 4.80. The summed E-state index contributed by atoms with van der Waals surface area (Å²) in [4.78, 5) is 26.1. The Hall–Kier alpha value is -2.09. The van der Waals surface area contributed by atoms with Crippen LogP contribution in [0.25, 0.3) is 11.0 Å². The smallest absolute Gasteiger partial charge is 0.328 e. The highest BCUT2D eigenvalue weighted by Crippen LogP contribution is 2.20. The predicted molar refractivity (Wildman–Crippen MR) is 87.3 cm³/mol. The van der Waals surface area contributed by atoms with E-state index in [9.17, 15) is 18.0 Å². The summed E-state index contributed by atoms with van der Waals surface area (Å²) in [7, 11) is 1.93. The Balaban J connectivity index is 1.95. The van der Waals surface area contributed by atoms with Gasteiger partial charge >= 0.3 is 5.69 Å². The molecule has 1 aliphatic heterocycles. The second kappa shape index (κ2) is 5.23. The van der Waals surface area contributed by atoms with Crippen molar-refractivity contribution in [2.24, 2.45) is 14.1 Å². The summed E-state index contributed by atoms with van der Waals surface area (Å²) >= 11 is 0. The van der Waals surface area contributed by atoms with Crippen LogP contribution in [-0.4, -0.2) is 53.0 Å². The maximum Gasteiger partial charge on any atom is 0.328 e. The molecule has 0 radical (unpaired) electrons. The molecule has 0 spiro atoms. The van der Waals surface area contributed by atoms with Gasteiger partial charge in [0.25, 0.3) is 5.91 Å². The topological polar surface area (TPSA) is 81.4 Å². The third-order valence-electron chi connectivity index (χ3n) is 4.60. The molecule has 1 atom stereocenters. The largest absolute Gasteiger partial charge is 0.338 e. The number of nitrogens with zero attached hydrogens (tertiary/aromatic N) is 3. The van der Waals surface area contributed by atoms with Crippen molar-refractivity contribution in [2.75, 3.05) is 18.6 Å². The molecule has 124 valence electrons. The van der Waals surface area contributed by atoms with E-state index < -0.39 is 9.84 Å². The van der Waals surface area contributed by atoms with Crippen LogP contribution in [0.2, 0.25) is 0 Å². The van der Waals surface area contributed by atoms with Crippen molar-refractivity contribution in [3.05, 3.63) is 34.2 Å². The monoisotopic (exact) mass is 337 g/mol. The molecule has 8 heteroatoms. The van der Waals surface area contributed by atoms with E-state index in [-0.39, 0.29) is 29.1 Å². The molecule has 1 aromatic carbocycles. The highest BCUT2D eigenvalue weighted by Gasteiger charge is 2.33. The molecule has 0 N–H and O–H groups in total. The van der Waals surface area contributed by atoms with Crippen molar-refractivity contribution in [3.63, 3.8) is 0 Å². The SMILES string of the molecule is CN(C(=O)c1ccc2c(c1)n(C)c(=O)n2C)C1CCS(=O)(=O)C1. The summed E-state index contributed by atoms with van der Waals surface area (Å²) in [6.07, 6.45) is 0.469. The van der Waals surface area contributed by atoms with Gasteiger partial charge in [0.2, 0.25) is 0 Å². The molecule has 2 aromatic rings. The lowest BCUT2D eigenvalue weighted by Crippen LogP contribution is -2.37. The number of benzene rings is 1. The Labute approximate surface area is 134 Å². The van der Waals surface area contributed by atoms with Gasteiger partial charge in [0, 0.05) is 32.7 Å². The second-order valence-electron chi connectivity index (χ2n) is 6.08. The van der Waals surface area contributed by atoms with E-state index in [1.54, 1.807) is 39.3 Å². The molecule has 3 rings (SSSR count). The minimum absolute atomic E-state index is 0.0152. The van der Waals surface area contributed by atoms with Gasteiger partial charge in [0.1, 0.15) is 0 Å². The van der Waals surface area contributed by atoms with Crippen molar-refractivity contribution < 1.29 is 13.2 Å². The van der Waals surface area contributed by atoms with Crippen LogP contribution < -0.4 is 5.69 Å². The second-order valence-corrected chi connectivity index (χ2v) is 8.31. The van der Waals surface area contributed by atoms with E-state index in [1.165, 1.54) is 14.0 Å². The lowest BCUT2D eigenvalue weighted by molar-refractivity contribution is 0.0748. The summed E-state index contributed by atoms with van der Waals surface area (Å²) < 4.78 is 26.2. The zero-order valence-corrected chi connectivity index (χ0v) is 14.1. The summed E-state index contributed by atoms with van der Waals surface area (Å²) in [5, 5.41) is 0. The molecule has 0 aliphatic carbocycles. The predicted octanol–water partition coefficient (Wildman–Crippen LogP) is 0.136. The number of carbonyl (C=O) groups is 1. The molecule has 1 aromatic heterocycles. The number of rotatable bonds is 2. The van der Waals surface area contributed by atoms with E-state index in [2.05, 4.69) is 0 Å². The number of hydrogen-bond donors (Lipinski definition) is 0. The Morgan fingerprint density at radius 2 is 1.87 bits per heavy atom. The van der Waals surface area contributed by atoms with Gasteiger partial charge < -0.3 is 4.90 Å². The fourth-order valence-electron chi connectivity index (χ4n) is 3.09. The summed E-state index contributed by atoms with van der Waals surface area (Å²) in [5.41, 5.74) is 1.72. The van der Waals surface area contributed by atoms with Crippen LogP contribution in [0, 0.1) is 0 Å². The van der Waals surface area contributed by atoms with Crippen LogP contribution >= 0.6 is 0 Å². The van der Waals surface area contributed by atoms with Gasteiger partial charge in [-0.25, -0.2) is 13.2 Å². The Morgan fingerprint density at radius 3 is 2.48 bits per heavy atom. The van der Waals surface area contributed by atoms with E-state index in [0.29, 0.717) is 17.5 Å². The van der Waals surface area contributed by atoms with Crippen LogP contribution in [0.5, 0.6) is 0 Å². The molecule has 7 nitrogen and oxygen atoms in total. The average Bonchev–Trinajstić information content (AvgIpc) is 2.99. The highest BCUT2D eigenvalue weighted by atomic mass is 32.2. The lowest BCUT2D eigenvalue weighted by atomic mass is 10.1. The first-order chi connectivity index (χ1) is 10.7. The zero-order chi connectivity index (χ0) is 16.9. The maximum atomic E-state index is 12.6. The number of amides is 1. The molecular weight excluding hydrogens is 318 g/mol. The van der Waals surface area contributed by atoms with Gasteiger partial charge in [0.15, 0.2) is 9.84 Å². The third-order valence-corrected chi connectivity index (χ3v) is 6.35. The minimum Gasteiger partial charge on any atom is -0.338 e. The molecule has 1 amide bonds. The standard InChI is InChI=1S/C15H19N3O4S/c1-16(11-6-7-23(21,22)9-11)14(19)10-4-5-12-13(8-10)18(3)15(20)17(12)2/h4-5,8,11H,6-7,9H2,1-3H3. The average molecular weight is 337 g/mol. The maximum absolute atomic E-state index is 12.6. The number of fused-ring (bicyclic) bond motifs is 1. The first-order valence-electron chi connectivity index (χ1n) is 7.34. The number of aromatic nitrogens is 2. The van der Waals surface area contributed by atoms with E-state index in [1.807, 2.05) is 0 Å². The number of aryl methyl sites for hydroxylation is 2. The van der Waals surface area contributed by atoms with Crippen LogP contribution in [0.4, 0.5) is 0 Å². The van der Waals surface area contributed by atoms with Crippen molar-refractivity contribution in [1.29, 1.82) is 0 Å². The molecule has 0 bridgehead atoms. The van der Waals surface area contributed by atoms with Crippen LogP contribution in [0.15, 0.2) is 23.0 Å². The normalized spacial score (nSPS) is 20.0. The van der Waals surface area contributed by atoms with Crippen molar-refractivity contribution in [3.8, 4) is 0 Å². The lowest BCUT2D eigenvalue weighted by Gasteiger charge is -2.23. The fraction of sp³-hybridized carbons (Fsp3) is 0.467. The molecular formula is C15H19N3O4S. The van der Waals surface area contributed by atoms with Crippen molar-refractivity contribution in [2.45, 2.75) is 12.5 Å². The third kappa shape index (κ3) is 2.56. The molecule has 1 unspecified atom stereocenters. The van der Waals surface area contributed by atoms with Gasteiger partial charge in [-0.15, -0.1) is 0 Å². The first kappa shape index (κ1) is 15.8. The van der Waals surface area contributed by atoms with Gasteiger partial charge in [-0.3, -0.25) is 13.9 Å². The molecule has 0 saturated carbocycles. The van der Waals surface area contributed by atoms with E-state index >= 15 is 0 Å². The molecule has 1 aliphatic rings. The minimum atomic E-state index is -3.04. The van der Waals surface area contributed by atoms with Gasteiger partial charge in [-0.2, -0.15) is 0 Å². The van der Waals surface area contributed by atoms with Gasteiger partial charge in [-0.1, -0.05) is 0 Å². The van der Waals surface area contributed by atoms with Crippen molar-refractivity contribution >= 4 is 26.8 Å². The molecule has 1 fully saturated rings. The number of imidazole rings is 1. The van der Waals surface area contributed by atoms with Crippen LogP contribution in [0.1, 0.15) is 16.8 Å². The van der Waals surface area contributed by atoms with Crippen LogP contribution in [-0.2, 0) is 23.9 Å². The number of sulfone groups is 1. The summed E-state index contributed by atoms with van der Waals surface area (Å²) in [5.74, 6) is -0.0895. The van der Waals surface area contributed by atoms with E-state index in [0.717, 1.165) is 5.52 Å². The van der Waals surface area contributed by atoms with Crippen molar-refractivity contribution in [1.82, 2.24) is 14.0 Å². The quantitative estimate of drug-likeness (QED) is 0.780. The van der Waals surface area contributed by atoms with E-state index in [4.69, 9.17) is 0 Å². The van der Waals surface area contributed by atoms with Gasteiger partial charge in [-0.05, 0) is 24.6 Å². The number of carbonyl (C=O) groups excluding carboxylic acids is 1. The Bertz CT molecular complexity index is 955. The Kier molecular flexibility index (Phi) is 3.59. The molecule has 23 heavy (non-hydrogen) atoms. The first-order valence-corrected chi connectivity index (χ1v) is 9.16. The van der Waals surface area contributed by atoms with Crippen LogP contribution in [0.3, 0.4) is 0 Å². The molecule has 2 heterocycles. The highest BCUT2D eigenvalue weighted by molar-refractivity contribution is 7.91. The fourth-order valence-corrected chi connectivity index (χ4v) is 4.86. The molecule has 1 saturated heterocycles.